The van der Waals surface area contributed by atoms with E-state index in [0.717, 1.165) is 47.3 Å². The fourth-order valence-electron chi connectivity index (χ4n) is 3.43. The van der Waals surface area contributed by atoms with Crippen LogP contribution < -0.4 is 4.74 Å². The van der Waals surface area contributed by atoms with E-state index in [1.54, 1.807) is 24.7 Å². The maximum atomic E-state index is 12.5. The van der Waals surface area contributed by atoms with Crippen molar-refractivity contribution in [3.05, 3.63) is 58.8 Å². The van der Waals surface area contributed by atoms with Crippen LogP contribution in [0.5, 0.6) is 5.75 Å². The van der Waals surface area contributed by atoms with E-state index in [1.165, 1.54) is 0 Å². The number of aromatic nitrogens is 1. The maximum absolute atomic E-state index is 12.5. The predicted octanol–water partition coefficient (Wildman–Crippen LogP) is 4.36. The number of thiazole rings is 1. The van der Waals surface area contributed by atoms with Gasteiger partial charge in [-0.15, -0.1) is 11.3 Å². The summed E-state index contributed by atoms with van der Waals surface area (Å²) in [7, 11) is 1.66. The molecular formula is C21H22N2O3S. The quantitative estimate of drug-likeness (QED) is 0.636. The summed E-state index contributed by atoms with van der Waals surface area (Å²) >= 11 is 1.61. The van der Waals surface area contributed by atoms with Crippen molar-refractivity contribution in [3.63, 3.8) is 0 Å². The van der Waals surface area contributed by atoms with Gasteiger partial charge in [0.1, 0.15) is 11.5 Å². The molecule has 1 aliphatic rings. The largest absolute Gasteiger partial charge is 0.497 e. The van der Waals surface area contributed by atoms with Gasteiger partial charge in [0.05, 0.1) is 24.1 Å². The first-order chi connectivity index (χ1) is 13.2. The lowest BCUT2D eigenvalue weighted by Gasteiger charge is -2.15. The number of carbonyl (C=O) groups is 1. The third kappa shape index (κ3) is 4.06. The smallest absolute Gasteiger partial charge is 0.223 e. The van der Waals surface area contributed by atoms with Crippen LogP contribution in [0.3, 0.4) is 0 Å². The van der Waals surface area contributed by atoms with Crippen LogP contribution in [-0.4, -0.2) is 36.0 Å². The molecule has 0 bridgehead atoms. The Morgan fingerprint density at radius 1 is 1.33 bits per heavy atom. The number of carbonyl (C=O) groups excluding carboxylic acids is 1. The number of rotatable bonds is 6. The Bertz CT molecular complexity index is 887. The van der Waals surface area contributed by atoms with Crippen molar-refractivity contribution in [3.8, 4) is 17.0 Å². The highest BCUT2D eigenvalue weighted by atomic mass is 32.1. The van der Waals surface area contributed by atoms with Crippen LogP contribution in [-0.2, 0) is 11.2 Å². The summed E-state index contributed by atoms with van der Waals surface area (Å²) < 4.78 is 10.7. The number of ether oxygens (including phenoxy) is 1. The monoisotopic (exact) mass is 382 g/mol. The molecule has 0 radical (unpaired) electrons. The molecule has 1 fully saturated rings. The van der Waals surface area contributed by atoms with Crippen molar-refractivity contribution < 1.29 is 13.9 Å². The van der Waals surface area contributed by atoms with Gasteiger partial charge in [-0.3, -0.25) is 4.79 Å². The lowest BCUT2D eigenvalue weighted by atomic mass is 10.1. The van der Waals surface area contributed by atoms with Crippen molar-refractivity contribution >= 4 is 17.2 Å². The highest BCUT2D eigenvalue weighted by Crippen LogP contribution is 2.28. The van der Waals surface area contributed by atoms with Crippen molar-refractivity contribution in [2.75, 3.05) is 20.2 Å². The Balaban J connectivity index is 1.31. The average molecular weight is 382 g/mol. The molecule has 1 saturated heterocycles. The molecule has 6 heteroatoms. The summed E-state index contributed by atoms with van der Waals surface area (Å²) in [6, 6.07) is 11.8. The summed E-state index contributed by atoms with van der Waals surface area (Å²) in [5, 5.41) is 3.04. The Morgan fingerprint density at radius 3 is 2.93 bits per heavy atom. The van der Waals surface area contributed by atoms with Gasteiger partial charge in [0.25, 0.3) is 0 Å². The van der Waals surface area contributed by atoms with Gasteiger partial charge in [0, 0.05) is 42.8 Å². The van der Waals surface area contributed by atoms with Gasteiger partial charge in [0.15, 0.2) is 0 Å². The van der Waals surface area contributed by atoms with Crippen LogP contribution in [0, 0.1) is 0 Å². The molecule has 1 atom stereocenters. The van der Waals surface area contributed by atoms with Gasteiger partial charge < -0.3 is 14.1 Å². The van der Waals surface area contributed by atoms with E-state index in [2.05, 4.69) is 4.98 Å². The minimum atomic E-state index is 0.199. The molecule has 0 saturated carbocycles. The van der Waals surface area contributed by atoms with Crippen LogP contribution in [0.25, 0.3) is 11.3 Å². The van der Waals surface area contributed by atoms with Crippen LogP contribution >= 0.6 is 11.3 Å². The topological polar surface area (TPSA) is 55.6 Å². The van der Waals surface area contributed by atoms with Gasteiger partial charge in [0.2, 0.25) is 5.91 Å². The second-order valence-corrected chi connectivity index (χ2v) is 7.64. The Hall–Kier alpha value is -2.60. The second-order valence-electron chi connectivity index (χ2n) is 6.70. The molecule has 1 aliphatic heterocycles. The number of benzene rings is 1. The van der Waals surface area contributed by atoms with Gasteiger partial charge >= 0.3 is 0 Å². The van der Waals surface area contributed by atoms with E-state index in [-0.39, 0.29) is 5.91 Å². The number of amides is 1. The minimum absolute atomic E-state index is 0.199. The van der Waals surface area contributed by atoms with E-state index in [4.69, 9.17) is 9.15 Å². The molecule has 0 N–H and O–H groups in total. The highest BCUT2D eigenvalue weighted by molar-refractivity contribution is 7.09. The SMILES string of the molecule is COc1ccc(-c2csc(CCC(=O)N3CCC(c4ccco4)C3)n2)cc1. The number of hydrogen-bond acceptors (Lipinski definition) is 5. The van der Waals surface area contributed by atoms with E-state index < -0.39 is 0 Å². The van der Waals surface area contributed by atoms with Crippen molar-refractivity contribution in [2.24, 2.45) is 0 Å². The van der Waals surface area contributed by atoms with Crippen LogP contribution in [0.1, 0.15) is 29.5 Å². The van der Waals surface area contributed by atoms with Crippen molar-refractivity contribution in [1.82, 2.24) is 9.88 Å². The zero-order valence-corrected chi connectivity index (χ0v) is 16.1. The molecule has 3 heterocycles. The zero-order valence-electron chi connectivity index (χ0n) is 15.3. The number of nitrogens with zero attached hydrogens (tertiary/aromatic N) is 2. The summed E-state index contributed by atoms with van der Waals surface area (Å²) in [5.74, 6) is 2.34. The van der Waals surface area contributed by atoms with Gasteiger partial charge in [-0.25, -0.2) is 4.98 Å². The van der Waals surface area contributed by atoms with E-state index in [9.17, 15) is 4.79 Å². The first-order valence-corrected chi connectivity index (χ1v) is 10.0. The lowest BCUT2D eigenvalue weighted by Crippen LogP contribution is -2.28. The fraction of sp³-hybridized carbons (Fsp3) is 0.333. The summed E-state index contributed by atoms with van der Waals surface area (Å²) in [6.07, 6.45) is 3.85. The van der Waals surface area contributed by atoms with Gasteiger partial charge in [-0.05, 0) is 42.8 Å². The summed E-state index contributed by atoms with van der Waals surface area (Å²) in [5.41, 5.74) is 2.01. The molecule has 2 aromatic heterocycles. The molecular weight excluding hydrogens is 360 g/mol. The van der Waals surface area contributed by atoms with Crippen LogP contribution in [0.15, 0.2) is 52.5 Å². The molecule has 5 nitrogen and oxygen atoms in total. The average Bonchev–Trinajstić information content (AvgIpc) is 3.47. The first-order valence-electron chi connectivity index (χ1n) is 9.13. The van der Waals surface area contributed by atoms with Crippen LogP contribution in [0.4, 0.5) is 0 Å². The number of methoxy groups -OCH3 is 1. The number of furan rings is 1. The number of aryl methyl sites for hydroxylation is 1. The van der Waals surface area contributed by atoms with Gasteiger partial charge in [-0.2, -0.15) is 0 Å². The molecule has 27 heavy (non-hydrogen) atoms. The predicted molar refractivity (Wildman–Crippen MR) is 105 cm³/mol. The standard InChI is InChI=1S/C21H22N2O3S/c1-25-17-6-4-15(5-7-17)18-14-27-20(22-18)8-9-21(24)23-11-10-16(13-23)19-3-2-12-26-19/h2-7,12,14,16H,8-11,13H2,1H3. The first kappa shape index (κ1) is 17.8. The summed E-state index contributed by atoms with van der Waals surface area (Å²) in [6.45, 7) is 1.56. The van der Waals surface area contributed by atoms with E-state index in [1.807, 2.05) is 46.7 Å². The maximum Gasteiger partial charge on any atom is 0.223 e. The number of likely N-dealkylation sites (tertiary alicyclic amines) is 1. The molecule has 4 rings (SSSR count). The van der Waals surface area contributed by atoms with Crippen molar-refractivity contribution in [1.29, 1.82) is 0 Å². The van der Waals surface area contributed by atoms with Crippen LogP contribution in [0.2, 0.25) is 0 Å². The van der Waals surface area contributed by atoms with Crippen molar-refractivity contribution in [2.45, 2.75) is 25.2 Å². The second kappa shape index (κ2) is 7.96. The van der Waals surface area contributed by atoms with E-state index in [0.29, 0.717) is 18.8 Å². The molecule has 1 aromatic carbocycles. The van der Waals surface area contributed by atoms with Gasteiger partial charge in [-0.1, -0.05) is 0 Å². The molecule has 0 aliphatic carbocycles. The molecule has 1 amide bonds. The Labute approximate surface area is 162 Å². The Morgan fingerprint density at radius 2 is 2.19 bits per heavy atom. The normalized spacial score (nSPS) is 16.6. The molecule has 3 aromatic rings. The Kier molecular flexibility index (Phi) is 5.25. The highest BCUT2D eigenvalue weighted by Gasteiger charge is 2.28. The third-order valence-corrected chi connectivity index (χ3v) is 5.89. The third-order valence-electron chi connectivity index (χ3n) is 4.98. The molecule has 0 spiro atoms. The summed E-state index contributed by atoms with van der Waals surface area (Å²) in [4.78, 5) is 19.2. The number of hydrogen-bond donors (Lipinski definition) is 0. The van der Waals surface area contributed by atoms with E-state index >= 15 is 0 Å². The molecule has 140 valence electrons. The lowest BCUT2D eigenvalue weighted by molar-refractivity contribution is -0.130. The molecule has 1 unspecified atom stereocenters. The zero-order chi connectivity index (χ0) is 18.6. The minimum Gasteiger partial charge on any atom is -0.497 e. The fourth-order valence-corrected chi connectivity index (χ4v) is 4.24.